The predicted molar refractivity (Wildman–Crippen MR) is 86.4 cm³/mol. The highest BCUT2D eigenvalue weighted by molar-refractivity contribution is 8.00. The lowest BCUT2D eigenvalue weighted by Crippen LogP contribution is -2.27. The number of amides is 1. The van der Waals surface area contributed by atoms with E-state index < -0.39 is 0 Å². The highest BCUT2D eigenvalue weighted by Gasteiger charge is 2.24. The van der Waals surface area contributed by atoms with Crippen LogP contribution in [0.1, 0.15) is 38.2 Å². The zero-order chi connectivity index (χ0) is 13.9. The van der Waals surface area contributed by atoms with E-state index in [1.54, 1.807) is 0 Å². The van der Waals surface area contributed by atoms with Crippen molar-refractivity contribution in [1.29, 1.82) is 0 Å². The second kappa shape index (κ2) is 6.08. The zero-order valence-corrected chi connectivity index (χ0v) is 12.9. The molecule has 2 heterocycles. The van der Waals surface area contributed by atoms with E-state index in [1.165, 1.54) is 36.3 Å². The molecule has 1 amide bonds. The first-order valence-electron chi connectivity index (χ1n) is 7.63. The quantitative estimate of drug-likeness (QED) is 0.777. The van der Waals surface area contributed by atoms with Crippen LogP contribution in [0.4, 0.5) is 11.4 Å². The van der Waals surface area contributed by atoms with E-state index in [2.05, 4.69) is 22.5 Å². The fraction of sp³-hybridized carbons (Fsp3) is 0.562. The summed E-state index contributed by atoms with van der Waals surface area (Å²) in [6.45, 7) is 3.92. The molecule has 2 aliphatic heterocycles. The molecule has 20 heavy (non-hydrogen) atoms. The third-order valence-corrected chi connectivity index (χ3v) is 5.28. The van der Waals surface area contributed by atoms with Gasteiger partial charge in [0.1, 0.15) is 0 Å². The van der Waals surface area contributed by atoms with Crippen LogP contribution >= 0.6 is 11.9 Å². The van der Waals surface area contributed by atoms with Gasteiger partial charge >= 0.3 is 0 Å². The molecule has 1 fully saturated rings. The minimum Gasteiger partial charge on any atom is -0.316 e. The van der Waals surface area contributed by atoms with Crippen molar-refractivity contribution in [2.75, 3.05) is 28.0 Å². The minimum absolute atomic E-state index is 0.237. The number of carbonyl (C=O) groups excluding carboxylic acids is 1. The molecule has 1 aromatic carbocycles. The Morgan fingerprint density at radius 1 is 1.25 bits per heavy atom. The first-order chi connectivity index (χ1) is 9.79. The lowest BCUT2D eigenvalue weighted by molar-refractivity contribution is -0.118. The summed E-state index contributed by atoms with van der Waals surface area (Å²) in [7, 11) is 0. The number of carbonyl (C=O) groups is 1. The number of hydrogen-bond acceptors (Lipinski definition) is 3. The standard InChI is InChI=1S/C16H22N2OS/c1-2-16(19)17-10-8-13-12-14(6-7-15(13)17)18-9-4-3-5-11-20-18/h6-7,12H,2-5,8-11H2,1H3. The van der Waals surface area contributed by atoms with Gasteiger partial charge in [0.15, 0.2) is 0 Å². The Balaban J connectivity index is 1.81. The average molecular weight is 290 g/mol. The molecule has 1 saturated heterocycles. The number of anilines is 2. The first-order valence-corrected chi connectivity index (χ1v) is 8.57. The smallest absolute Gasteiger partial charge is 0.226 e. The highest BCUT2D eigenvalue weighted by atomic mass is 32.2. The lowest BCUT2D eigenvalue weighted by Gasteiger charge is -2.22. The van der Waals surface area contributed by atoms with Gasteiger partial charge in [-0.15, -0.1) is 0 Å². The van der Waals surface area contributed by atoms with Crippen molar-refractivity contribution < 1.29 is 4.79 Å². The normalized spacial score (nSPS) is 18.9. The van der Waals surface area contributed by atoms with Crippen molar-refractivity contribution in [3.8, 4) is 0 Å². The maximum atomic E-state index is 11.9. The molecule has 2 aliphatic rings. The second-order valence-corrected chi connectivity index (χ2v) is 6.57. The summed E-state index contributed by atoms with van der Waals surface area (Å²) < 4.78 is 2.43. The zero-order valence-electron chi connectivity index (χ0n) is 12.1. The molecular formula is C16H22N2OS. The molecule has 0 unspecified atom stereocenters. The van der Waals surface area contributed by atoms with Crippen LogP contribution in [-0.4, -0.2) is 24.7 Å². The van der Waals surface area contributed by atoms with Crippen molar-refractivity contribution in [1.82, 2.24) is 0 Å². The third kappa shape index (κ3) is 2.66. The van der Waals surface area contributed by atoms with Gasteiger partial charge in [0, 0.05) is 36.6 Å². The molecule has 3 rings (SSSR count). The van der Waals surface area contributed by atoms with Gasteiger partial charge in [0.2, 0.25) is 5.91 Å². The Labute approximate surface area is 125 Å². The Kier molecular flexibility index (Phi) is 4.20. The number of fused-ring (bicyclic) bond motifs is 1. The summed E-state index contributed by atoms with van der Waals surface area (Å²) in [5.41, 5.74) is 3.76. The molecule has 1 aromatic rings. The van der Waals surface area contributed by atoms with Crippen LogP contribution in [0.2, 0.25) is 0 Å². The molecule has 108 valence electrons. The summed E-state index contributed by atoms with van der Waals surface area (Å²) in [4.78, 5) is 13.9. The molecule has 0 N–H and O–H groups in total. The van der Waals surface area contributed by atoms with Gasteiger partial charge in [-0.3, -0.25) is 4.79 Å². The highest BCUT2D eigenvalue weighted by Crippen LogP contribution is 2.35. The SMILES string of the molecule is CCC(=O)N1CCc2cc(N3CCCCCS3)ccc21. The summed E-state index contributed by atoms with van der Waals surface area (Å²) in [5, 5.41) is 0. The first kappa shape index (κ1) is 13.8. The van der Waals surface area contributed by atoms with Crippen LogP contribution in [-0.2, 0) is 11.2 Å². The number of hydrogen-bond donors (Lipinski definition) is 0. The van der Waals surface area contributed by atoms with Gasteiger partial charge in [-0.05, 0) is 55.0 Å². The number of benzene rings is 1. The van der Waals surface area contributed by atoms with E-state index in [4.69, 9.17) is 0 Å². The summed E-state index contributed by atoms with van der Waals surface area (Å²) in [5.74, 6) is 1.46. The van der Waals surface area contributed by atoms with E-state index in [0.717, 1.165) is 25.2 Å². The van der Waals surface area contributed by atoms with Gasteiger partial charge in [-0.2, -0.15) is 0 Å². The number of rotatable bonds is 2. The average Bonchev–Trinajstić information content (AvgIpc) is 2.71. The second-order valence-electron chi connectivity index (χ2n) is 5.46. The fourth-order valence-corrected chi connectivity index (χ4v) is 4.04. The monoisotopic (exact) mass is 290 g/mol. The molecule has 0 spiro atoms. The summed E-state index contributed by atoms with van der Waals surface area (Å²) in [6.07, 6.45) is 5.53. The van der Waals surface area contributed by atoms with E-state index in [0.29, 0.717) is 6.42 Å². The molecule has 0 atom stereocenters. The predicted octanol–water partition coefficient (Wildman–Crippen LogP) is 3.62. The fourth-order valence-electron chi connectivity index (χ4n) is 2.97. The van der Waals surface area contributed by atoms with Gasteiger partial charge in [0.25, 0.3) is 0 Å². The van der Waals surface area contributed by atoms with Crippen molar-refractivity contribution in [2.45, 2.75) is 39.0 Å². The van der Waals surface area contributed by atoms with Gasteiger partial charge in [-0.1, -0.05) is 13.3 Å². The summed E-state index contributed by atoms with van der Waals surface area (Å²) in [6, 6.07) is 6.60. The molecule has 3 nitrogen and oxygen atoms in total. The summed E-state index contributed by atoms with van der Waals surface area (Å²) >= 11 is 1.95. The molecule has 4 heteroatoms. The van der Waals surface area contributed by atoms with Gasteiger partial charge < -0.3 is 9.21 Å². The van der Waals surface area contributed by atoms with Crippen molar-refractivity contribution in [3.05, 3.63) is 23.8 Å². The Bertz CT molecular complexity index is 495. The van der Waals surface area contributed by atoms with Gasteiger partial charge in [0.05, 0.1) is 0 Å². The maximum Gasteiger partial charge on any atom is 0.226 e. The topological polar surface area (TPSA) is 23.6 Å². The van der Waals surface area contributed by atoms with E-state index in [9.17, 15) is 4.79 Å². The van der Waals surface area contributed by atoms with Crippen LogP contribution in [0.25, 0.3) is 0 Å². The molecule has 0 radical (unpaired) electrons. The van der Waals surface area contributed by atoms with Gasteiger partial charge in [-0.25, -0.2) is 0 Å². The Morgan fingerprint density at radius 3 is 3.00 bits per heavy atom. The molecule has 0 bridgehead atoms. The molecule has 0 aliphatic carbocycles. The van der Waals surface area contributed by atoms with Crippen molar-refractivity contribution in [3.63, 3.8) is 0 Å². The molecule has 0 aromatic heterocycles. The molecule has 0 saturated carbocycles. The third-order valence-electron chi connectivity index (χ3n) is 4.10. The number of nitrogens with zero attached hydrogens (tertiary/aromatic N) is 2. The Hall–Kier alpha value is -1.16. The van der Waals surface area contributed by atoms with Crippen LogP contribution in [0.3, 0.4) is 0 Å². The van der Waals surface area contributed by atoms with E-state index in [-0.39, 0.29) is 5.91 Å². The van der Waals surface area contributed by atoms with Crippen LogP contribution in [0.5, 0.6) is 0 Å². The van der Waals surface area contributed by atoms with Crippen LogP contribution in [0.15, 0.2) is 18.2 Å². The minimum atomic E-state index is 0.237. The van der Waals surface area contributed by atoms with E-state index in [1.807, 2.05) is 23.8 Å². The molecular weight excluding hydrogens is 268 g/mol. The van der Waals surface area contributed by atoms with Crippen LogP contribution < -0.4 is 9.21 Å². The maximum absolute atomic E-state index is 11.9. The largest absolute Gasteiger partial charge is 0.316 e. The van der Waals surface area contributed by atoms with E-state index >= 15 is 0 Å². The Morgan fingerprint density at radius 2 is 2.15 bits per heavy atom. The lowest BCUT2D eigenvalue weighted by atomic mass is 10.1. The van der Waals surface area contributed by atoms with Crippen LogP contribution in [0, 0.1) is 0 Å². The van der Waals surface area contributed by atoms with Crippen molar-refractivity contribution in [2.24, 2.45) is 0 Å². The van der Waals surface area contributed by atoms with Crippen molar-refractivity contribution >= 4 is 29.2 Å².